The second-order valence-corrected chi connectivity index (χ2v) is 13.1. The van der Waals surface area contributed by atoms with Crippen LogP contribution in [0.4, 0.5) is 21.1 Å². The minimum atomic E-state index is -0.757. The van der Waals surface area contributed by atoms with E-state index in [0.717, 1.165) is 43.5 Å². The smallest absolute Gasteiger partial charge is 0.421 e. The van der Waals surface area contributed by atoms with Crippen LogP contribution < -0.4 is 16.0 Å². The molecule has 39 heavy (non-hydrogen) atoms. The van der Waals surface area contributed by atoms with E-state index in [1.165, 1.54) is 4.57 Å². The number of piperidine rings is 1. The summed E-state index contributed by atoms with van der Waals surface area (Å²) in [6, 6.07) is -0.140. The molecule has 0 bridgehead atoms. The molecule has 10 nitrogen and oxygen atoms in total. The summed E-state index contributed by atoms with van der Waals surface area (Å²) < 4.78 is 12.4. The van der Waals surface area contributed by atoms with Crippen LogP contribution in [-0.4, -0.2) is 57.9 Å². The Morgan fingerprint density at radius 2 is 1.69 bits per heavy atom. The van der Waals surface area contributed by atoms with E-state index in [9.17, 15) is 14.4 Å². The average Bonchev–Trinajstić information content (AvgIpc) is 3.58. The number of alkyl carbamates (subject to hydrolysis) is 1. The molecule has 0 spiro atoms. The molecule has 1 aliphatic heterocycles. The van der Waals surface area contributed by atoms with E-state index >= 15 is 0 Å². The fraction of sp³-hybridized carbons (Fsp3) is 0.655. The lowest BCUT2D eigenvalue weighted by molar-refractivity contribution is 0.0497. The second-order valence-electron chi connectivity index (χ2n) is 13.1. The van der Waals surface area contributed by atoms with Crippen molar-refractivity contribution in [3.63, 3.8) is 0 Å². The number of fused-ring (bicyclic) bond motifs is 1. The third-order valence-corrected chi connectivity index (χ3v) is 6.84. The maximum absolute atomic E-state index is 13.6. The summed E-state index contributed by atoms with van der Waals surface area (Å²) in [4.78, 5) is 46.4. The van der Waals surface area contributed by atoms with Crippen molar-refractivity contribution in [2.75, 3.05) is 23.7 Å². The number of ether oxygens (including phenoxy) is 2. The molecule has 2 fully saturated rings. The lowest BCUT2D eigenvalue weighted by Crippen LogP contribution is -2.49. The molecule has 1 amide bonds. The summed E-state index contributed by atoms with van der Waals surface area (Å²) in [5.74, 6) is -0.133. The van der Waals surface area contributed by atoms with Crippen molar-refractivity contribution in [2.24, 2.45) is 5.92 Å². The molecule has 1 aliphatic carbocycles. The number of carbonyl (C=O) groups excluding carboxylic acids is 3. The van der Waals surface area contributed by atoms with Crippen LogP contribution in [0, 0.1) is 5.92 Å². The van der Waals surface area contributed by atoms with Gasteiger partial charge >= 0.3 is 12.2 Å². The first kappa shape index (κ1) is 28.7. The number of carbonyl (C=O) groups is 3. The Bertz CT molecular complexity index is 1280. The number of anilines is 2. The molecular formula is C29H43N5O5. The lowest BCUT2D eigenvalue weighted by Gasteiger charge is -2.36. The third kappa shape index (κ3) is 6.31. The van der Waals surface area contributed by atoms with Crippen LogP contribution in [-0.2, 0) is 9.47 Å². The molecule has 1 saturated heterocycles. The lowest BCUT2D eigenvalue weighted by atomic mass is 9.95. The van der Waals surface area contributed by atoms with E-state index in [4.69, 9.17) is 20.2 Å². The number of nitrogen functional groups attached to an aromatic ring is 1. The molecule has 0 radical (unpaired) electrons. The van der Waals surface area contributed by atoms with Gasteiger partial charge in [0.1, 0.15) is 17.0 Å². The molecular weight excluding hydrogens is 498 g/mol. The van der Waals surface area contributed by atoms with Gasteiger partial charge in [-0.1, -0.05) is 13.8 Å². The van der Waals surface area contributed by atoms with Crippen molar-refractivity contribution in [3.05, 3.63) is 17.3 Å². The number of rotatable bonds is 5. The zero-order chi connectivity index (χ0) is 28.9. The molecule has 2 aromatic rings. The molecule has 2 aromatic heterocycles. The SMILES string of the molecule is CC(C)C(=O)c1c(N)n(C(=O)OC(C)(C)C)c2ncc(C3CC3)c(N3CCC[C@@H](NC(=O)OC(C)(C)C)C3)c12. The highest BCUT2D eigenvalue weighted by atomic mass is 16.6. The van der Waals surface area contributed by atoms with Crippen LogP contribution in [0.2, 0.25) is 0 Å². The van der Waals surface area contributed by atoms with Crippen LogP contribution in [0.15, 0.2) is 6.20 Å². The highest BCUT2D eigenvalue weighted by Crippen LogP contribution is 2.49. The molecule has 0 aromatic carbocycles. The van der Waals surface area contributed by atoms with E-state index in [-0.39, 0.29) is 23.6 Å². The number of nitrogens with two attached hydrogens (primary N) is 1. The predicted molar refractivity (Wildman–Crippen MR) is 152 cm³/mol. The Labute approximate surface area is 230 Å². The maximum atomic E-state index is 13.6. The molecule has 0 unspecified atom stereocenters. The highest BCUT2D eigenvalue weighted by molar-refractivity contribution is 6.18. The summed E-state index contributed by atoms with van der Waals surface area (Å²) >= 11 is 0. The Balaban J connectivity index is 1.85. The number of hydrogen-bond acceptors (Lipinski definition) is 8. The van der Waals surface area contributed by atoms with Crippen LogP contribution in [0.5, 0.6) is 0 Å². The Hall–Kier alpha value is -3.30. The minimum absolute atomic E-state index is 0.0417. The first-order chi connectivity index (χ1) is 18.1. The van der Waals surface area contributed by atoms with Gasteiger partial charge in [-0.25, -0.2) is 19.1 Å². The zero-order valence-electron chi connectivity index (χ0n) is 24.5. The molecule has 3 heterocycles. The number of nitrogens with one attached hydrogen (secondary N) is 1. The maximum Gasteiger partial charge on any atom is 0.421 e. The van der Waals surface area contributed by atoms with Gasteiger partial charge < -0.3 is 25.4 Å². The van der Waals surface area contributed by atoms with E-state index in [1.807, 2.05) is 40.8 Å². The topological polar surface area (TPSA) is 129 Å². The molecule has 3 N–H and O–H groups in total. The molecule has 1 saturated carbocycles. The molecule has 1 atom stereocenters. The predicted octanol–water partition coefficient (Wildman–Crippen LogP) is 5.61. The van der Waals surface area contributed by atoms with E-state index in [0.29, 0.717) is 29.1 Å². The van der Waals surface area contributed by atoms with Crippen molar-refractivity contribution in [1.82, 2.24) is 14.9 Å². The zero-order valence-corrected chi connectivity index (χ0v) is 24.5. The number of hydrogen-bond donors (Lipinski definition) is 2. The monoisotopic (exact) mass is 541 g/mol. The first-order valence-electron chi connectivity index (χ1n) is 13.9. The van der Waals surface area contributed by atoms with Crippen LogP contribution in [0.1, 0.15) is 103 Å². The highest BCUT2D eigenvalue weighted by Gasteiger charge is 2.37. The van der Waals surface area contributed by atoms with Gasteiger partial charge in [-0.05, 0) is 78.7 Å². The quantitative estimate of drug-likeness (QED) is 0.467. The largest absolute Gasteiger partial charge is 0.444 e. The van der Waals surface area contributed by atoms with Gasteiger partial charge in [0, 0.05) is 31.2 Å². The summed E-state index contributed by atoms with van der Waals surface area (Å²) in [6.07, 6.45) is 4.39. The Kier molecular flexibility index (Phi) is 7.62. The summed E-state index contributed by atoms with van der Waals surface area (Å²) in [5, 5.41) is 3.60. The number of nitrogens with zero attached hydrogens (tertiary/aromatic N) is 3. The van der Waals surface area contributed by atoms with Gasteiger partial charge in [-0.2, -0.15) is 0 Å². The van der Waals surface area contributed by atoms with Gasteiger partial charge in [0.2, 0.25) is 0 Å². The first-order valence-corrected chi connectivity index (χ1v) is 13.9. The Morgan fingerprint density at radius 3 is 2.26 bits per heavy atom. The second kappa shape index (κ2) is 10.4. The van der Waals surface area contributed by atoms with Crippen molar-refractivity contribution < 1.29 is 23.9 Å². The van der Waals surface area contributed by atoms with Gasteiger partial charge in [0.15, 0.2) is 11.4 Å². The molecule has 4 rings (SSSR count). The Morgan fingerprint density at radius 1 is 1.05 bits per heavy atom. The van der Waals surface area contributed by atoms with Crippen LogP contribution >= 0.6 is 0 Å². The molecule has 2 aliphatic rings. The van der Waals surface area contributed by atoms with Gasteiger partial charge in [0.05, 0.1) is 16.6 Å². The van der Waals surface area contributed by atoms with E-state index in [1.54, 1.807) is 20.8 Å². The van der Waals surface area contributed by atoms with Crippen molar-refractivity contribution in [3.8, 4) is 0 Å². The fourth-order valence-corrected chi connectivity index (χ4v) is 5.10. The standard InChI is InChI=1S/C29H43N5O5/c1-16(2)23(35)21-20-22(33-13-9-10-18(15-33)32-26(36)38-28(3,4)5)19(17-11-12-17)14-31-25(20)34(24(21)30)27(37)39-29(6,7)8/h14,16-18H,9-13,15,30H2,1-8H3,(H,32,36)/t18-/m1/s1. The van der Waals surface area contributed by atoms with Gasteiger partial charge in [0.25, 0.3) is 0 Å². The molecule has 10 heteroatoms. The van der Waals surface area contributed by atoms with E-state index in [2.05, 4.69) is 10.2 Å². The fourth-order valence-electron chi connectivity index (χ4n) is 5.10. The minimum Gasteiger partial charge on any atom is -0.444 e. The molecule has 214 valence electrons. The number of pyridine rings is 1. The summed E-state index contributed by atoms with van der Waals surface area (Å²) in [5.41, 5.74) is 7.75. The number of ketones is 1. The van der Waals surface area contributed by atoms with Crippen LogP contribution in [0.3, 0.4) is 0 Å². The van der Waals surface area contributed by atoms with Gasteiger partial charge in [-0.3, -0.25) is 4.79 Å². The van der Waals surface area contributed by atoms with E-state index < -0.39 is 23.4 Å². The summed E-state index contributed by atoms with van der Waals surface area (Å²) in [7, 11) is 0. The third-order valence-electron chi connectivity index (χ3n) is 6.84. The number of aromatic nitrogens is 2. The number of Topliss-reactive ketones (excluding diaryl/α,β-unsaturated/α-hetero) is 1. The van der Waals surface area contributed by atoms with Crippen molar-refractivity contribution in [2.45, 2.75) is 104 Å². The number of amides is 1. The van der Waals surface area contributed by atoms with Gasteiger partial charge in [-0.15, -0.1) is 0 Å². The normalized spacial score (nSPS) is 18.4. The van der Waals surface area contributed by atoms with Crippen molar-refractivity contribution in [1.29, 1.82) is 0 Å². The summed E-state index contributed by atoms with van der Waals surface area (Å²) in [6.45, 7) is 15.7. The average molecular weight is 542 g/mol. The van der Waals surface area contributed by atoms with Crippen molar-refractivity contribution >= 4 is 40.5 Å². The van der Waals surface area contributed by atoms with Crippen LogP contribution in [0.25, 0.3) is 11.0 Å².